The molecule has 12 aromatic rings. The third-order valence-electron chi connectivity index (χ3n) is 12.5. The molecule has 4 aromatic heterocycles. The molecule has 0 N–H and O–H groups in total. The minimum atomic E-state index is 0.873. The average molecular weight is 739 g/mol. The van der Waals surface area contributed by atoms with Gasteiger partial charge in [-0.3, -0.25) is 0 Å². The van der Waals surface area contributed by atoms with Gasteiger partial charge >= 0.3 is 0 Å². The van der Waals surface area contributed by atoms with E-state index in [1.807, 2.05) is 6.07 Å². The van der Waals surface area contributed by atoms with Crippen LogP contribution in [-0.4, -0.2) is 18.9 Å². The zero-order valence-corrected chi connectivity index (χ0v) is 31.5. The minimum absolute atomic E-state index is 0.873. The van der Waals surface area contributed by atoms with Gasteiger partial charge in [0.15, 0.2) is 0 Å². The Labute approximate surface area is 333 Å². The predicted octanol–water partition coefficient (Wildman–Crippen LogP) is 13.8. The number of allylic oxidation sites excluding steroid dienone is 1. The Hall–Kier alpha value is -7.56. The van der Waals surface area contributed by atoms with Crippen LogP contribution in [-0.2, 0) is 6.42 Å². The fourth-order valence-electron chi connectivity index (χ4n) is 9.93. The summed E-state index contributed by atoms with van der Waals surface area (Å²) in [6, 6.07) is 61.4. The Kier molecular flexibility index (Phi) is 6.53. The Morgan fingerprint density at radius 3 is 1.93 bits per heavy atom. The minimum Gasteiger partial charge on any atom is -0.309 e. The Morgan fingerprint density at radius 1 is 0.431 bits per heavy atom. The van der Waals surface area contributed by atoms with Crippen molar-refractivity contribution in [3.8, 4) is 39.3 Å². The highest BCUT2D eigenvalue weighted by Gasteiger charge is 2.25. The first kappa shape index (κ1) is 31.6. The summed E-state index contributed by atoms with van der Waals surface area (Å²) in [7, 11) is 0. The van der Waals surface area contributed by atoms with Crippen molar-refractivity contribution in [1.29, 1.82) is 0 Å². The SMILES string of the molecule is C1=Cc2c(ccc3c4c5c6cccc7c8ccccc8n(c5ccc4n(-c4ccc(-c5nc8cc(-c9ccccc9)ccc8nc5-c5ccccc5)cc4)c23)c76)CC1. The molecule has 4 nitrogen and oxygen atoms in total. The van der Waals surface area contributed by atoms with Crippen LogP contribution in [0, 0.1) is 0 Å². The van der Waals surface area contributed by atoms with Gasteiger partial charge in [0.05, 0.1) is 50.0 Å². The molecule has 1 aliphatic carbocycles. The summed E-state index contributed by atoms with van der Waals surface area (Å²) < 4.78 is 4.99. The summed E-state index contributed by atoms with van der Waals surface area (Å²) in [5.74, 6) is 0. The number of nitrogens with zero attached hydrogens (tertiary/aromatic N) is 4. The zero-order valence-electron chi connectivity index (χ0n) is 31.5. The molecule has 270 valence electrons. The molecule has 0 saturated carbocycles. The third kappa shape index (κ3) is 4.40. The van der Waals surface area contributed by atoms with Crippen LogP contribution in [0.1, 0.15) is 17.5 Å². The summed E-state index contributed by atoms with van der Waals surface area (Å²) in [4.78, 5) is 10.6. The number of benzene rings is 8. The Balaban J connectivity index is 1.05. The summed E-state index contributed by atoms with van der Waals surface area (Å²) >= 11 is 0. The summed E-state index contributed by atoms with van der Waals surface area (Å²) in [5, 5.41) is 7.82. The standard InChI is InChI=1S/C54H34N4/c1-3-12-33(13-4-1)37-25-29-44-45(32-37)56-52(51(55-44)35-15-5-2-6-16-35)36-22-26-38(27-23-36)57-47-30-31-48-49(50(47)43-28-24-34-14-7-8-17-39(34)53(43)57)42-20-11-19-41-40-18-9-10-21-46(40)58(48)54(41)42/h1-6,8-13,15-32H,7,14H2. The molecule has 13 rings (SSSR count). The van der Waals surface area contributed by atoms with Crippen molar-refractivity contribution < 1.29 is 0 Å². The normalized spacial score (nSPS) is 13.0. The lowest BCUT2D eigenvalue weighted by atomic mass is 9.94. The molecule has 0 bridgehead atoms. The van der Waals surface area contributed by atoms with Crippen molar-refractivity contribution in [2.24, 2.45) is 0 Å². The van der Waals surface area contributed by atoms with E-state index in [0.717, 1.165) is 63.2 Å². The lowest BCUT2D eigenvalue weighted by Crippen LogP contribution is -2.00. The average Bonchev–Trinajstić information content (AvgIpc) is 3.94. The number of hydrogen-bond acceptors (Lipinski definition) is 2. The van der Waals surface area contributed by atoms with Crippen LogP contribution < -0.4 is 0 Å². The quantitative estimate of drug-likeness (QED) is 0.180. The van der Waals surface area contributed by atoms with Crippen LogP contribution >= 0.6 is 0 Å². The van der Waals surface area contributed by atoms with Crippen molar-refractivity contribution in [3.05, 3.63) is 187 Å². The number of para-hydroxylation sites is 2. The van der Waals surface area contributed by atoms with Crippen LogP contribution in [0.15, 0.2) is 176 Å². The molecule has 0 fully saturated rings. The van der Waals surface area contributed by atoms with Crippen LogP contribution in [0.5, 0.6) is 0 Å². The van der Waals surface area contributed by atoms with Gasteiger partial charge in [-0.2, -0.15) is 0 Å². The van der Waals surface area contributed by atoms with Gasteiger partial charge in [0.2, 0.25) is 0 Å². The summed E-state index contributed by atoms with van der Waals surface area (Å²) in [6.45, 7) is 0. The monoisotopic (exact) mass is 738 g/mol. The smallest absolute Gasteiger partial charge is 0.0973 e. The van der Waals surface area contributed by atoms with E-state index in [9.17, 15) is 0 Å². The van der Waals surface area contributed by atoms with Crippen molar-refractivity contribution in [2.45, 2.75) is 12.8 Å². The van der Waals surface area contributed by atoms with Crippen molar-refractivity contribution in [2.75, 3.05) is 0 Å². The second-order valence-corrected chi connectivity index (χ2v) is 15.6. The van der Waals surface area contributed by atoms with Gasteiger partial charge in [-0.05, 0) is 72.0 Å². The van der Waals surface area contributed by atoms with Crippen LogP contribution in [0.2, 0.25) is 0 Å². The number of aromatic nitrogens is 4. The van der Waals surface area contributed by atoms with Gasteiger partial charge < -0.3 is 8.97 Å². The second-order valence-electron chi connectivity index (χ2n) is 15.6. The van der Waals surface area contributed by atoms with E-state index in [2.05, 4.69) is 185 Å². The molecule has 58 heavy (non-hydrogen) atoms. The molecular formula is C54H34N4. The molecule has 0 atom stereocenters. The van der Waals surface area contributed by atoms with Crippen LogP contribution in [0.25, 0.3) is 116 Å². The number of aryl methyl sites for hydroxylation is 1. The second kappa shape index (κ2) is 12.0. The lowest BCUT2D eigenvalue weighted by molar-refractivity contribution is 0.986. The van der Waals surface area contributed by atoms with E-state index < -0.39 is 0 Å². The van der Waals surface area contributed by atoms with Gasteiger partial charge in [-0.15, -0.1) is 0 Å². The molecule has 4 heterocycles. The number of rotatable bonds is 4. The van der Waals surface area contributed by atoms with E-state index in [-0.39, 0.29) is 0 Å². The molecule has 0 aliphatic heterocycles. The van der Waals surface area contributed by atoms with E-state index in [0.29, 0.717) is 0 Å². The van der Waals surface area contributed by atoms with Gasteiger partial charge in [0, 0.05) is 54.7 Å². The van der Waals surface area contributed by atoms with Gasteiger partial charge in [0.1, 0.15) is 0 Å². The first-order chi connectivity index (χ1) is 28.8. The van der Waals surface area contributed by atoms with Crippen LogP contribution in [0.3, 0.4) is 0 Å². The lowest BCUT2D eigenvalue weighted by Gasteiger charge is -2.16. The highest BCUT2D eigenvalue weighted by Crippen LogP contribution is 2.46. The molecule has 0 amide bonds. The maximum atomic E-state index is 5.37. The van der Waals surface area contributed by atoms with E-state index in [4.69, 9.17) is 9.97 Å². The highest BCUT2D eigenvalue weighted by atomic mass is 15.0. The number of fused-ring (bicyclic) bond motifs is 13. The van der Waals surface area contributed by atoms with Crippen LogP contribution in [0.4, 0.5) is 0 Å². The van der Waals surface area contributed by atoms with Gasteiger partial charge in [0.25, 0.3) is 0 Å². The fraction of sp³-hybridized carbons (Fsp3) is 0.0370. The molecule has 1 aliphatic rings. The van der Waals surface area contributed by atoms with Crippen molar-refractivity contribution in [1.82, 2.24) is 18.9 Å². The molecule has 4 heteroatoms. The molecule has 0 unspecified atom stereocenters. The molecule has 0 saturated heterocycles. The fourth-order valence-corrected chi connectivity index (χ4v) is 9.93. The van der Waals surface area contributed by atoms with E-state index in [1.54, 1.807) is 0 Å². The van der Waals surface area contributed by atoms with Gasteiger partial charge in [-0.25, -0.2) is 9.97 Å². The Morgan fingerprint density at radius 2 is 1.09 bits per heavy atom. The van der Waals surface area contributed by atoms with E-state index >= 15 is 0 Å². The van der Waals surface area contributed by atoms with Gasteiger partial charge in [-0.1, -0.05) is 140 Å². The third-order valence-corrected chi connectivity index (χ3v) is 12.5. The maximum absolute atomic E-state index is 5.37. The number of hydrogen-bond donors (Lipinski definition) is 0. The topological polar surface area (TPSA) is 35.1 Å². The Bertz CT molecular complexity index is 3650. The predicted molar refractivity (Wildman–Crippen MR) is 242 cm³/mol. The molecular weight excluding hydrogens is 705 g/mol. The largest absolute Gasteiger partial charge is 0.309 e. The molecule has 0 radical (unpaired) electrons. The summed E-state index contributed by atoms with van der Waals surface area (Å²) in [5.41, 5.74) is 18.0. The maximum Gasteiger partial charge on any atom is 0.0973 e. The highest BCUT2D eigenvalue weighted by molar-refractivity contribution is 6.33. The van der Waals surface area contributed by atoms with E-state index in [1.165, 1.54) is 71.0 Å². The zero-order chi connectivity index (χ0) is 37.9. The van der Waals surface area contributed by atoms with Crippen molar-refractivity contribution >= 4 is 77.0 Å². The molecule has 0 spiro atoms. The summed E-state index contributed by atoms with van der Waals surface area (Å²) in [6.07, 6.45) is 6.80. The van der Waals surface area contributed by atoms with Crippen molar-refractivity contribution in [3.63, 3.8) is 0 Å². The first-order valence-electron chi connectivity index (χ1n) is 20.1. The molecule has 8 aromatic carbocycles. The first-order valence-corrected chi connectivity index (χ1v) is 20.1.